The smallest absolute Gasteiger partial charge is 0.267 e. The van der Waals surface area contributed by atoms with Gasteiger partial charge in [0.2, 0.25) is 0 Å². The summed E-state index contributed by atoms with van der Waals surface area (Å²) in [5.41, 5.74) is 4.85. The summed E-state index contributed by atoms with van der Waals surface area (Å²) >= 11 is 3.37. The molecule has 0 spiro atoms. The van der Waals surface area contributed by atoms with Crippen molar-refractivity contribution in [2.45, 2.75) is 13.3 Å². The van der Waals surface area contributed by atoms with Gasteiger partial charge >= 0.3 is 0 Å². The standard InChI is InChI=1S/C27H24BrN3O2/c1-18-22(23-9-5-6-10-24(23)30-18)15-16-29-27(33)25(17-19-7-3-2-4-8-19)31-26(32)20-11-13-21(28)14-12-20/h2-14,17,30H,15-16H2,1H3,(H,29,33)(H,31,32)/b25-17-. The van der Waals surface area contributed by atoms with Gasteiger partial charge in [-0.3, -0.25) is 9.59 Å². The molecule has 2 amide bonds. The highest BCUT2D eigenvalue weighted by atomic mass is 79.9. The molecule has 0 atom stereocenters. The summed E-state index contributed by atoms with van der Waals surface area (Å²) in [7, 11) is 0. The SMILES string of the molecule is Cc1[nH]c2ccccc2c1CCNC(=O)/C(=C/c1ccccc1)NC(=O)c1ccc(Br)cc1. The lowest BCUT2D eigenvalue weighted by molar-refractivity contribution is -0.117. The Labute approximate surface area is 201 Å². The fraction of sp³-hybridized carbons (Fsp3) is 0.111. The third-order valence-corrected chi connectivity index (χ3v) is 5.93. The number of aromatic amines is 1. The van der Waals surface area contributed by atoms with Crippen molar-refractivity contribution in [3.05, 3.63) is 111 Å². The first-order valence-electron chi connectivity index (χ1n) is 10.7. The number of halogens is 1. The number of nitrogens with one attached hydrogen (secondary N) is 3. The monoisotopic (exact) mass is 501 g/mol. The summed E-state index contributed by atoms with van der Waals surface area (Å²) in [6.07, 6.45) is 2.36. The summed E-state index contributed by atoms with van der Waals surface area (Å²) in [5, 5.41) is 6.89. The maximum atomic E-state index is 13.0. The highest BCUT2D eigenvalue weighted by Gasteiger charge is 2.15. The van der Waals surface area contributed by atoms with Gasteiger partial charge in [-0.05, 0) is 60.9 Å². The molecule has 4 aromatic rings. The number of carbonyl (C=O) groups is 2. The van der Waals surface area contributed by atoms with Crippen LogP contribution in [0.4, 0.5) is 0 Å². The minimum atomic E-state index is -0.340. The Kier molecular flexibility index (Phi) is 7.05. The van der Waals surface area contributed by atoms with Crippen molar-refractivity contribution in [2.24, 2.45) is 0 Å². The second-order valence-corrected chi connectivity index (χ2v) is 8.63. The Morgan fingerprint density at radius 2 is 1.64 bits per heavy atom. The molecule has 0 saturated carbocycles. The Hall–Kier alpha value is -3.64. The normalized spacial score (nSPS) is 11.4. The van der Waals surface area contributed by atoms with E-state index < -0.39 is 0 Å². The van der Waals surface area contributed by atoms with Crippen molar-refractivity contribution in [1.29, 1.82) is 0 Å². The highest BCUT2D eigenvalue weighted by molar-refractivity contribution is 9.10. The van der Waals surface area contributed by atoms with E-state index >= 15 is 0 Å². The van der Waals surface area contributed by atoms with Gasteiger partial charge in [-0.25, -0.2) is 0 Å². The molecule has 0 saturated heterocycles. The number of para-hydroxylation sites is 1. The van der Waals surface area contributed by atoms with Crippen molar-refractivity contribution >= 4 is 44.7 Å². The molecular weight excluding hydrogens is 478 g/mol. The van der Waals surface area contributed by atoms with Crippen LogP contribution >= 0.6 is 15.9 Å². The lowest BCUT2D eigenvalue weighted by Gasteiger charge is -2.12. The van der Waals surface area contributed by atoms with E-state index in [1.165, 1.54) is 5.56 Å². The largest absolute Gasteiger partial charge is 0.358 e. The number of benzene rings is 3. The first-order chi connectivity index (χ1) is 16.0. The maximum absolute atomic E-state index is 13.0. The van der Waals surface area contributed by atoms with Gasteiger partial charge in [0.05, 0.1) is 0 Å². The zero-order chi connectivity index (χ0) is 23.2. The van der Waals surface area contributed by atoms with Gasteiger partial charge in [-0.15, -0.1) is 0 Å². The van der Waals surface area contributed by atoms with Crippen LogP contribution in [-0.2, 0) is 11.2 Å². The molecule has 0 radical (unpaired) electrons. The quantitative estimate of drug-likeness (QED) is 0.298. The van der Waals surface area contributed by atoms with E-state index in [1.54, 1.807) is 30.3 Å². The van der Waals surface area contributed by atoms with Crippen LogP contribution in [0.1, 0.15) is 27.2 Å². The number of amides is 2. The number of aromatic nitrogens is 1. The van der Waals surface area contributed by atoms with Gasteiger partial charge in [0.1, 0.15) is 5.70 Å². The molecule has 33 heavy (non-hydrogen) atoms. The predicted octanol–water partition coefficient (Wildman–Crippen LogP) is 5.37. The average Bonchev–Trinajstić information content (AvgIpc) is 3.14. The number of fused-ring (bicyclic) bond motifs is 1. The molecular formula is C27H24BrN3O2. The Morgan fingerprint density at radius 3 is 2.39 bits per heavy atom. The van der Waals surface area contributed by atoms with Gasteiger partial charge < -0.3 is 15.6 Å². The van der Waals surface area contributed by atoms with Gasteiger partial charge in [0.25, 0.3) is 11.8 Å². The third-order valence-electron chi connectivity index (χ3n) is 5.40. The van der Waals surface area contributed by atoms with Crippen LogP contribution in [0.15, 0.2) is 89.0 Å². The Bertz CT molecular complexity index is 1310. The van der Waals surface area contributed by atoms with E-state index in [4.69, 9.17) is 0 Å². The molecule has 0 aliphatic rings. The van der Waals surface area contributed by atoms with Crippen molar-refractivity contribution in [1.82, 2.24) is 15.6 Å². The van der Waals surface area contributed by atoms with Crippen LogP contribution in [0.25, 0.3) is 17.0 Å². The summed E-state index contributed by atoms with van der Waals surface area (Å²) in [6.45, 7) is 2.48. The minimum absolute atomic E-state index is 0.199. The van der Waals surface area contributed by atoms with E-state index in [0.717, 1.165) is 26.6 Å². The van der Waals surface area contributed by atoms with Crippen LogP contribution in [0, 0.1) is 6.92 Å². The number of hydrogen-bond donors (Lipinski definition) is 3. The summed E-state index contributed by atoms with van der Waals surface area (Å²) in [6, 6.07) is 24.6. The van der Waals surface area contributed by atoms with Crippen molar-refractivity contribution < 1.29 is 9.59 Å². The molecule has 3 N–H and O–H groups in total. The highest BCUT2D eigenvalue weighted by Crippen LogP contribution is 2.22. The van der Waals surface area contributed by atoms with Crippen LogP contribution in [-0.4, -0.2) is 23.3 Å². The summed E-state index contributed by atoms with van der Waals surface area (Å²) < 4.78 is 0.879. The van der Waals surface area contributed by atoms with E-state index in [2.05, 4.69) is 37.6 Å². The van der Waals surface area contributed by atoms with Crippen molar-refractivity contribution in [3.8, 4) is 0 Å². The summed E-state index contributed by atoms with van der Waals surface area (Å²) in [5.74, 6) is -0.672. The van der Waals surface area contributed by atoms with E-state index in [-0.39, 0.29) is 17.5 Å². The van der Waals surface area contributed by atoms with E-state index in [1.807, 2.05) is 55.5 Å². The van der Waals surface area contributed by atoms with E-state index in [0.29, 0.717) is 18.5 Å². The van der Waals surface area contributed by atoms with Crippen LogP contribution < -0.4 is 10.6 Å². The number of hydrogen-bond acceptors (Lipinski definition) is 2. The Balaban J connectivity index is 1.49. The molecule has 1 heterocycles. The number of rotatable bonds is 7. The van der Waals surface area contributed by atoms with Gasteiger partial charge in [-0.1, -0.05) is 64.5 Å². The fourth-order valence-corrected chi connectivity index (χ4v) is 3.99. The topological polar surface area (TPSA) is 74.0 Å². The third kappa shape index (κ3) is 5.59. The number of H-pyrrole nitrogens is 1. The molecule has 0 fully saturated rings. The van der Waals surface area contributed by atoms with Crippen LogP contribution in [0.5, 0.6) is 0 Å². The maximum Gasteiger partial charge on any atom is 0.267 e. The van der Waals surface area contributed by atoms with Gasteiger partial charge in [0.15, 0.2) is 0 Å². The number of aryl methyl sites for hydroxylation is 1. The molecule has 3 aromatic carbocycles. The second-order valence-electron chi connectivity index (χ2n) is 7.71. The molecule has 0 unspecified atom stereocenters. The molecule has 4 rings (SSSR count). The Morgan fingerprint density at radius 1 is 0.939 bits per heavy atom. The van der Waals surface area contributed by atoms with E-state index in [9.17, 15) is 9.59 Å². The predicted molar refractivity (Wildman–Crippen MR) is 136 cm³/mol. The molecule has 6 heteroatoms. The van der Waals surface area contributed by atoms with Crippen LogP contribution in [0.2, 0.25) is 0 Å². The van der Waals surface area contributed by atoms with Gasteiger partial charge in [0, 0.05) is 33.2 Å². The van der Waals surface area contributed by atoms with Gasteiger partial charge in [-0.2, -0.15) is 0 Å². The average molecular weight is 502 g/mol. The first kappa shape index (κ1) is 22.6. The molecule has 0 aliphatic heterocycles. The second kappa shape index (κ2) is 10.3. The molecule has 5 nitrogen and oxygen atoms in total. The zero-order valence-corrected chi connectivity index (χ0v) is 19.8. The first-order valence-corrected chi connectivity index (χ1v) is 11.5. The minimum Gasteiger partial charge on any atom is -0.358 e. The fourth-order valence-electron chi connectivity index (χ4n) is 3.72. The molecule has 0 bridgehead atoms. The van der Waals surface area contributed by atoms with Crippen LogP contribution in [0.3, 0.4) is 0 Å². The zero-order valence-electron chi connectivity index (χ0n) is 18.2. The lowest BCUT2D eigenvalue weighted by Crippen LogP contribution is -2.35. The summed E-state index contributed by atoms with van der Waals surface area (Å²) in [4.78, 5) is 29.2. The molecule has 1 aromatic heterocycles. The van der Waals surface area contributed by atoms with Crippen molar-refractivity contribution in [3.63, 3.8) is 0 Å². The van der Waals surface area contributed by atoms with Crippen molar-refractivity contribution in [2.75, 3.05) is 6.54 Å². The number of carbonyl (C=O) groups excluding carboxylic acids is 2. The molecule has 166 valence electrons. The molecule has 0 aliphatic carbocycles. The lowest BCUT2D eigenvalue weighted by atomic mass is 10.1.